The Morgan fingerprint density at radius 3 is 2.54 bits per heavy atom. The molecule has 1 amide bonds. The number of aryl methyl sites for hydroxylation is 1. The van der Waals surface area contributed by atoms with E-state index in [9.17, 15) is 13.2 Å². The second kappa shape index (κ2) is 10.4. The predicted molar refractivity (Wildman–Crippen MR) is 152 cm³/mol. The minimum absolute atomic E-state index is 0.170. The number of benzene rings is 3. The first-order valence-electron chi connectivity index (χ1n) is 12.8. The number of sulfonamides is 1. The molecule has 0 unspecified atom stereocenters. The van der Waals surface area contributed by atoms with Crippen LogP contribution in [-0.2, 0) is 36.0 Å². The highest BCUT2D eigenvalue weighted by Gasteiger charge is 2.29. The SMILES string of the molecule is CCc1cccc2sc(N(Cc3ccco3)C(=O)c3ccc(S(=O)(=O)N4CCc5ccccc5C4)cc3)nc12. The van der Waals surface area contributed by atoms with Crippen LogP contribution in [0.15, 0.2) is 94.4 Å². The normalized spacial score (nSPS) is 13.9. The highest BCUT2D eigenvalue weighted by Crippen LogP contribution is 2.33. The molecule has 1 aliphatic rings. The number of aromatic nitrogens is 1. The van der Waals surface area contributed by atoms with Gasteiger partial charge in [-0.1, -0.05) is 54.7 Å². The Morgan fingerprint density at radius 1 is 1.00 bits per heavy atom. The van der Waals surface area contributed by atoms with Crippen molar-refractivity contribution >= 4 is 42.6 Å². The van der Waals surface area contributed by atoms with Gasteiger partial charge < -0.3 is 4.42 Å². The Kier molecular flexibility index (Phi) is 6.80. The summed E-state index contributed by atoms with van der Waals surface area (Å²) in [6.07, 6.45) is 3.09. The molecule has 0 radical (unpaired) electrons. The molecule has 0 saturated carbocycles. The van der Waals surface area contributed by atoms with E-state index in [-0.39, 0.29) is 17.3 Å². The third-order valence-corrected chi connectivity index (χ3v) is 9.98. The van der Waals surface area contributed by atoms with Crippen molar-refractivity contribution in [3.05, 3.63) is 113 Å². The molecule has 0 bridgehead atoms. The van der Waals surface area contributed by atoms with Crippen LogP contribution in [0, 0.1) is 0 Å². The number of carbonyl (C=O) groups excluding carboxylic acids is 1. The molecule has 0 atom stereocenters. The molecule has 0 spiro atoms. The maximum Gasteiger partial charge on any atom is 0.260 e. The molecule has 39 heavy (non-hydrogen) atoms. The van der Waals surface area contributed by atoms with Crippen LogP contribution in [0.3, 0.4) is 0 Å². The molecule has 0 aliphatic carbocycles. The Morgan fingerprint density at radius 2 is 1.79 bits per heavy atom. The quantitative estimate of drug-likeness (QED) is 0.243. The van der Waals surface area contributed by atoms with Crippen molar-refractivity contribution in [1.82, 2.24) is 9.29 Å². The Labute approximate surface area is 231 Å². The molecule has 7 nitrogen and oxygen atoms in total. The minimum Gasteiger partial charge on any atom is -0.467 e. The average molecular weight is 558 g/mol. The van der Waals surface area contributed by atoms with Gasteiger partial charge in [0, 0.05) is 18.7 Å². The van der Waals surface area contributed by atoms with E-state index in [1.807, 2.05) is 48.5 Å². The Hall–Kier alpha value is -3.79. The number of rotatable bonds is 7. The smallest absolute Gasteiger partial charge is 0.260 e. The van der Waals surface area contributed by atoms with Crippen molar-refractivity contribution in [2.75, 3.05) is 11.4 Å². The van der Waals surface area contributed by atoms with Gasteiger partial charge in [0.1, 0.15) is 5.76 Å². The zero-order valence-electron chi connectivity index (χ0n) is 21.4. The second-order valence-corrected chi connectivity index (χ2v) is 12.4. The van der Waals surface area contributed by atoms with Gasteiger partial charge in [0.25, 0.3) is 5.91 Å². The fourth-order valence-electron chi connectivity index (χ4n) is 4.93. The third kappa shape index (κ3) is 4.89. The van der Waals surface area contributed by atoms with Crippen molar-refractivity contribution in [3.8, 4) is 0 Å². The average Bonchev–Trinajstić information content (AvgIpc) is 3.65. The summed E-state index contributed by atoms with van der Waals surface area (Å²) < 4.78 is 34.9. The zero-order chi connectivity index (χ0) is 27.0. The summed E-state index contributed by atoms with van der Waals surface area (Å²) in [5.74, 6) is 0.349. The van der Waals surface area contributed by atoms with Crippen LogP contribution in [0.1, 0.15) is 39.7 Å². The molecule has 198 valence electrons. The summed E-state index contributed by atoms with van der Waals surface area (Å²) in [5.41, 5.74) is 4.59. The van der Waals surface area contributed by atoms with E-state index in [0.29, 0.717) is 36.0 Å². The summed E-state index contributed by atoms with van der Waals surface area (Å²) in [6, 6.07) is 23.8. The third-order valence-electron chi connectivity index (χ3n) is 7.08. The number of fused-ring (bicyclic) bond motifs is 2. The lowest BCUT2D eigenvalue weighted by atomic mass is 10.0. The monoisotopic (exact) mass is 557 g/mol. The van der Waals surface area contributed by atoms with Crippen molar-refractivity contribution in [3.63, 3.8) is 0 Å². The van der Waals surface area contributed by atoms with Gasteiger partial charge in [-0.3, -0.25) is 9.69 Å². The number of anilines is 1. The first-order valence-corrected chi connectivity index (χ1v) is 15.1. The largest absolute Gasteiger partial charge is 0.467 e. The van der Waals surface area contributed by atoms with Gasteiger partial charge in [-0.2, -0.15) is 4.31 Å². The van der Waals surface area contributed by atoms with Gasteiger partial charge in [-0.15, -0.1) is 0 Å². The topological polar surface area (TPSA) is 83.7 Å². The van der Waals surface area contributed by atoms with Crippen molar-refractivity contribution in [2.24, 2.45) is 0 Å². The molecule has 5 aromatic rings. The molecule has 3 heterocycles. The van der Waals surface area contributed by atoms with Crippen molar-refractivity contribution < 1.29 is 17.6 Å². The van der Waals surface area contributed by atoms with Crippen molar-refractivity contribution in [1.29, 1.82) is 0 Å². The van der Waals surface area contributed by atoms with Gasteiger partial charge in [0.05, 0.1) is 27.9 Å². The number of amides is 1. The number of carbonyl (C=O) groups is 1. The molecule has 0 N–H and O–H groups in total. The van der Waals surface area contributed by atoms with Crippen LogP contribution in [0.25, 0.3) is 10.2 Å². The Bertz CT molecular complexity index is 1740. The van der Waals surface area contributed by atoms with E-state index in [1.165, 1.54) is 33.3 Å². The number of hydrogen-bond acceptors (Lipinski definition) is 6. The predicted octanol–water partition coefficient (Wildman–Crippen LogP) is 6.05. The summed E-state index contributed by atoms with van der Waals surface area (Å²) >= 11 is 1.45. The van der Waals surface area contributed by atoms with Gasteiger partial charge >= 0.3 is 0 Å². The molecule has 6 rings (SSSR count). The lowest BCUT2D eigenvalue weighted by Crippen LogP contribution is -2.36. The molecule has 1 aliphatic heterocycles. The first-order chi connectivity index (χ1) is 18.9. The fraction of sp³-hybridized carbons (Fsp3) is 0.200. The van der Waals surface area contributed by atoms with Gasteiger partial charge in [-0.05, 0) is 72.0 Å². The number of thiazole rings is 1. The highest BCUT2D eigenvalue weighted by molar-refractivity contribution is 7.89. The van der Waals surface area contributed by atoms with Crippen LogP contribution in [-0.4, -0.2) is 30.2 Å². The van der Waals surface area contributed by atoms with Crippen LogP contribution < -0.4 is 4.90 Å². The first kappa shape index (κ1) is 25.5. The summed E-state index contributed by atoms with van der Waals surface area (Å²) in [6.45, 7) is 3.06. The van der Waals surface area contributed by atoms with Gasteiger partial charge in [0.2, 0.25) is 10.0 Å². The van der Waals surface area contributed by atoms with Crippen LogP contribution >= 0.6 is 11.3 Å². The minimum atomic E-state index is -3.70. The fourth-order valence-corrected chi connectivity index (χ4v) is 7.36. The lowest BCUT2D eigenvalue weighted by Gasteiger charge is -2.28. The standard InChI is InChI=1S/C30H27N3O4S2/c1-2-21-9-5-11-27-28(21)31-30(38-27)33(20-25-10-6-18-37-25)29(34)23-12-14-26(15-13-23)39(35,36)32-17-16-22-7-3-4-8-24(22)19-32/h3-15,18H,2,16-17,19-20H2,1H3. The van der Waals surface area contributed by atoms with E-state index in [4.69, 9.17) is 9.40 Å². The summed E-state index contributed by atoms with van der Waals surface area (Å²) in [5, 5.41) is 0.566. The highest BCUT2D eigenvalue weighted by atomic mass is 32.2. The van der Waals surface area contributed by atoms with E-state index in [0.717, 1.165) is 27.8 Å². The molecule has 9 heteroatoms. The maximum absolute atomic E-state index is 13.8. The van der Waals surface area contributed by atoms with Crippen LogP contribution in [0.4, 0.5) is 5.13 Å². The van der Waals surface area contributed by atoms with Crippen molar-refractivity contribution in [2.45, 2.75) is 37.8 Å². The second-order valence-electron chi connectivity index (χ2n) is 9.47. The van der Waals surface area contributed by atoms with E-state index in [2.05, 4.69) is 6.92 Å². The number of hydrogen-bond donors (Lipinski definition) is 0. The maximum atomic E-state index is 13.8. The molecule has 0 fully saturated rings. The number of nitrogens with zero attached hydrogens (tertiary/aromatic N) is 3. The molecular formula is C30H27N3O4S2. The molecule has 3 aromatic carbocycles. The summed E-state index contributed by atoms with van der Waals surface area (Å²) in [4.78, 5) is 20.4. The Balaban J connectivity index is 1.29. The van der Waals surface area contributed by atoms with Crippen LogP contribution in [0.2, 0.25) is 0 Å². The lowest BCUT2D eigenvalue weighted by molar-refractivity contribution is 0.0983. The summed E-state index contributed by atoms with van der Waals surface area (Å²) in [7, 11) is -3.70. The molecular weight excluding hydrogens is 530 g/mol. The zero-order valence-corrected chi connectivity index (χ0v) is 23.0. The van der Waals surface area contributed by atoms with E-state index < -0.39 is 10.0 Å². The number of para-hydroxylation sites is 1. The van der Waals surface area contributed by atoms with E-state index in [1.54, 1.807) is 29.4 Å². The number of furan rings is 1. The molecule has 2 aromatic heterocycles. The molecule has 0 saturated heterocycles. The van der Waals surface area contributed by atoms with E-state index >= 15 is 0 Å². The van der Waals surface area contributed by atoms with Gasteiger partial charge in [0.15, 0.2) is 5.13 Å². The van der Waals surface area contributed by atoms with Crippen LogP contribution in [0.5, 0.6) is 0 Å². The van der Waals surface area contributed by atoms with Gasteiger partial charge in [-0.25, -0.2) is 13.4 Å².